The highest BCUT2D eigenvalue weighted by atomic mass is 35.5. The standard InChI is InChI=1S/C23H22ClN5O3S2.H2/c24-17-2-1-16-7-10-29(21(16)13-17)15-22(30)26-18-8-11-28(14-18)19-3-5-20(6-4-19)34(31,32)27-23-25-9-12-33-23;/h1-7,9-10,12-13,18H,8,11,14-15H2,(H,25,27)(H,26,30);1H/t18-;/m0./s1. The summed E-state index contributed by atoms with van der Waals surface area (Å²) in [5.41, 5.74) is 1.84. The molecule has 2 N–H and O–H groups in total. The summed E-state index contributed by atoms with van der Waals surface area (Å²) in [4.78, 5) is 18.9. The smallest absolute Gasteiger partial charge is 0.263 e. The van der Waals surface area contributed by atoms with E-state index in [1.165, 1.54) is 11.3 Å². The van der Waals surface area contributed by atoms with Crippen LogP contribution in [-0.2, 0) is 21.4 Å². The van der Waals surface area contributed by atoms with Crippen LogP contribution in [-0.4, -0.2) is 43.0 Å². The van der Waals surface area contributed by atoms with Crippen LogP contribution in [0.4, 0.5) is 10.8 Å². The van der Waals surface area contributed by atoms with E-state index >= 15 is 0 Å². The maximum absolute atomic E-state index is 12.7. The Kier molecular flexibility index (Phi) is 6.20. The van der Waals surface area contributed by atoms with E-state index in [9.17, 15) is 13.2 Å². The van der Waals surface area contributed by atoms with Crippen molar-refractivity contribution >= 4 is 60.6 Å². The molecule has 1 aliphatic rings. The van der Waals surface area contributed by atoms with Crippen LogP contribution >= 0.6 is 22.9 Å². The van der Waals surface area contributed by atoms with Crippen molar-refractivity contribution in [2.45, 2.75) is 23.9 Å². The number of sulfonamides is 1. The maximum atomic E-state index is 12.7. The normalized spacial score (nSPS) is 16.1. The van der Waals surface area contributed by atoms with E-state index < -0.39 is 10.0 Å². The zero-order chi connectivity index (χ0) is 23.7. The number of carbonyl (C=O) groups excluding carboxylic acids is 1. The summed E-state index contributed by atoms with van der Waals surface area (Å²) in [5, 5.41) is 6.83. The van der Waals surface area contributed by atoms with E-state index in [2.05, 4.69) is 19.9 Å². The molecule has 0 aliphatic carbocycles. The highest BCUT2D eigenvalue weighted by Crippen LogP contribution is 2.24. The molecule has 34 heavy (non-hydrogen) atoms. The largest absolute Gasteiger partial charge is 0.369 e. The molecule has 5 rings (SSSR count). The number of hydrogen-bond acceptors (Lipinski definition) is 6. The van der Waals surface area contributed by atoms with E-state index in [-0.39, 0.29) is 24.8 Å². The number of thiazole rings is 1. The molecule has 0 unspecified atom stereocenters. The van der Waals surface area contributed by atoms with Gasteiger partial charge in [0, 0.05) is 54.6 Å². The fourth-order valence-electron chi connectivity index (χ4n) is 4.12. The first-order valence-corrected chi connectivity index (χ1v) is 13.4. The summed E-state index contributed by atoms with van der Waals surface area (Å²) in [7, 11) is -3.68. The number of carbonyl (C=O) groups is 1. The van der Waals surface area contributed by atoms with E-state index in [4.69, 9.17) is 11.6 Å². The fraction of sp³-hybridized carbons (Fsp3) is 0.217. The lowest BCUT2D eigenvalue weighted by Crippen LogP contribution is -2.38. The molecule has 2 aromatic carbocycles. The van der Waals surface area contributed by atoms with Gasteiger partial charge in [0.1, 0.15) is 6.54 Å². The third-order valence-corrected chi connectivity index (χ3v) is 8.18. The second-order valence-corrected chi connectivity index (χ2v) is 11.1. The highest BCUT2D eigenvalue weighted by molar-refractivity contribution is 7.93. The van der Waals surface area contributed by atoms with Crippen LogP contribution in [0, 0.1) is 0 Å². The molecule has 1 amide bonds. The molecular formula is C23H24ClN5O3S2. The summed E-state index contributed by atoms with van der Waals surface area (Å²) in [6, 6.07) is 14.4. The zero-order valence-corrected chi connectivity index (χ0v) is 20.4. The predicted octanol–water partition coefficient (Wildman–Crippen LogP) is 4.19. The Labute approximate surface area is 207 Å². The molecule has 3 heterocycles. The second kappa shape index (κ2) is 9.28. The average molecular weight is 518 g/mol. The van der Waals surface area contributed by atoms with E-state index in [1.54, 1.807) is 35.8 Å². The van der Waals surface area contributed by atoms with Crippen LogP contribution in [0.1, 0.15) is 7.85 Å². The van der Waals surface area contributed by atoms with Crippen molar-refractivity contribution in [1.82, 2.24) is 14.9 Å². The van der Waals surface area contributed by atoms with Crippen molar-refractivity contribution in [3.8, 4) is 0 Å². The molecule has 8 nitrogen and oxygen atoms in total. The monoisotopic (exact) mass is 517 g/mol. The lowest BCUT2D eigenvalue weighted by Gasteiger charge is -2.19. The maximum Gasteiger partial charge on any atom is 0.263 e. The molecule has 2 aromatic heterocycles. The number of nitrogens with zero attached hydrogens (tertiary/aromatic N) is 3. The molecule has 4 aromatic rings. The van der Waals surface area contributed by atoms with Crippen molar-refractivity contribution in [3.63, 3.8) is 0 Å². The van der Waals surface area contributed by atoms with Crippen molar-refractivity contribution < 1.29 is 14.6 Å². The quantitative estimate of drug-likeness (QED) is 0.383. The van der Waals surface area contributed by atoms with Gasteiger partial charge < -0.3 is 14.8 Å². The van der Waals surface area contributed by atoms with Crippen molar-refractivity contribution in [2.24, 2.45) is 0 Å². The van der Waals surface area contributed by atoms with Gasteiger partial charge in [0.05, 0.1) is 4.90 Å². The van der Waals surface area contributed by atoms with Gasteiger partial charge in [-0.1, -0.05) is 17.7 Å². The van der Waals surface area contributed by atoms with Crippen molar-refractivity contribution in [1.29, 1.82) is 0 Å². The summed E-state index contributed by atoms with van der Waals surface area (Å²) in [6.07, 6.45) is 4.25. The molecular weight excluding hydrogens is 494 g/mol. The third kappa shape index (κ3) is 4.89. The van der Waals surface area contributed by atoms with Crippen LogP contribution in [0.2, 0.25) is 5.02 Å². The molecule has 1 fully saturated rings. The van der Waals surface area contributed by atoms with Crippen LogP contribution in [0.15, 0.2) is 71.2 Å². The van der Waals surface area contributed by atoms with Gasteiger partial charge in [-0.3, -0.25) is 9.52 Å². The number of rotatable bonds is 7. The molecule has 0 radical (unpaired) electrons. The number of fused-ring (bicyclic) bond motifs is 1. The Bertz CT molecular complexity index is 1430. The first-order valence-electron chi connectivity index (χ1n) is 10.7. The minimum atomic E-state index is -3.68. The molecule has 0 spiro atoms. The lowest BCUT2D eigenvalue weighted by atomic mass is 10.2. The first-order chi connectivity index (χ1) is 16.4. The number of halogens is 1. The van der Waals surface area contributed by atoms with Gasteiger partial charge in [0.25, 0.3) is 10.0 Å². The molecule has 1 aliphatic heterocycles. The zero-order valence-electron chi connectivity index (χ0n) is 18.0. The number of benzene rings is 2. The minimum Gasteiger partial charge on any atom is -0.369 e. The van der Waals surface area contributed by atoms with Gasteiger partial charge in [0.15, 0.2) is 5.13 Å². The van der Waals surface area contributed by atoms with E-state index in [0.29, 0.717) is 16.7 Å². The third-order valence-electron chi connectivity index (χ3n) is 5.77. The van der Waals surface area contributed by atoms with Gasteiger partial charge in [-0.05, 0) is 54.3 Å². The molecule has 178 valence electrons. The minimum absolute atomic E-state index is 0. The SMILES string of the molecule is O=C(Cn1ccc2ccc(Cl)cc21)N[C@H]1CCN(c2ccc(S(=O)(=O)Nc3nccs3)cc2)C1.[HH]. The first kappa shape index (κ1) is 22.7. The molecule has 1 atom stereocenters. The summed E-state index contributed by atoms with van der Waals surface area (Å²) >= 11 is 7.33. The number of aromatic nitrogens is 2. The number of nitrogens with one attached hydrogen (secondary N) is 2. The van der Waals surface area contributed by atoms with Crippen LogP contribution < -0.4 is 14.9 Å². The van der Waals surface area contributed by atoms with Crippen molar-refractivity contribution in [3.05, 3.63) is 71.3 Å². The Morgan fingerprint density at radius 2 is 2.03 bits per heavy atom. The Morgan fingerprint density at radius 3 is 2.79 bits per heavy atom. The topological polar surface area (TPSA) is 96.3 Å². The molecule has 0 bridgehead atoms. The van der Waals surface area contributed by atoms with Crippen LogP contribution in [0.25, 0.3) is 10.9 Å². The lowest BCUT2D eigenvalue weighted by molar-refractivity contribution is -0.122. The summed E-state index contributed by atoms with van der Waals surface area (Å²) < 4.78 is 29.4. The Morgan fingerprint density at radius 1 is 1.21 bits per heavy atom. The van der Waals surface area contributed by atoms with Crippen LogP contribution in [0.5, 0.6) is 0 Å². The fourth-order valence-corrected chi connectivity index (χ4v) is 6.07. The Hall–Kier alpha value is -3.08. The average Bonchev–Trinajstić information content (AvgIpc) is 3.56. The van der Waals surface area contributed by atoms with Gasteiger partial charge in [-0.25, -0.2) is 13.4 Å². The van der Waals surface area contributed by atoms with E-state index in [0.717, 1.165) is 29.6 Å². The Balaban J connectivity index is 0.00000289. The van der Waals surface area contributed by atoms with Crippen LogP contribution in [0.3, 0.4) is 0 Å². The number of hydrogen-bond donors (Lipinski definition) is 2. The highest BCUT2D eigenvalue weighted by Gasteiger charge is 2.25. The molecule has 11 heteroatoms. The second-order valence-electron chi connectivity index (χ2n) is 8.08. The number of amides is 1. The van der Waals surface area contributed by atoms with Gasteiger partial charge in [-0.2, -0.15) is 0 Å². The summed E-state index contributed by atoms with van der Waals surface area (Å²) in [5.74, 6) is -0.0565. The van der Waals surface area contributed by atoms with Crippen molar-refractivity contribution in [2.75, 3.05) is 22.7 Å². The van der Waals surface area contributed by atoms with E-state index in [1.807, 2.05) is 35.0 Å². The predicted molar refractivity (Wildman–Crippen MR) is 137 cm³/mol. The van der Waals surface area contributed by atoms with Gasteiger partial charge in [-0.15, -0.1) is 11.3 Å². The molecule has 0 saturated carbocycles. The van der Waals surface area contributed by atoms with Gasteiger partial charge in [0.2, 0.25) is 5.91 Å². The summed E-state index contributed by atoms with van der Waals surface area (Å²) in [6.45, 7) is 1.66. The molecule has 1 saturated heterocycles. The van der Waals surface area contributed by atoms with Gasteiger partial charge >= 0.3 is 0 Å². The number of anilines is 2.